The summed E-state index contributed by atoms with van der Waals surface area (Å²) in [6.45, 7) is 5.36. The third-order valence-electron chi connectivity index (χ3n) is 4.00. The minimum Gasteiger partial charge on any atom is -0.486 e. The number of nitrogens with one attached hydrogen (secondary N) is 1. The molecule has 6 nitrogen and oxygen atoms in total. The Labute approximate surface area is 138 Å². The maximum absolute atomic E-state index is 12.4. The average Bonchev–Trinajstić information content (AvgIpc) is 2.59. The van der Waals surface area contributed by atoms with E-state index in [0.717, 1.165) is 19.6 Å². The summed E-state index contributed by atoms with van der Waals surface area (Å²) in [7, 11) is -1.21. The molecule has 1 aromatic rings. The highest BCUT2D eigenvalue weighted by molar-refractivity contribution is 7.85. The zero-order chi connectivity index (χ0) is 16.2. The van der Waals surface area contributed by atoms with E-state index in [9.17, 15) is 9.00 Å². The molecule has 2 aliphatic heterocycles. The van der Waals surface area contributed by atoms with E-state index in [4.69, 9.17) is 9.47 Å². The van der Waals surface area contributed by atoms with Crippen LogP contribution in [0.4, 0.5) is 0 Å². The highest BCUT2D eigenvalue weighted by Gasteiger charge is 2.21. The van der Waals surface area contributed by atoms with Crippen LogP contribution in [0.1, 0.15) is 13.3 Å². The van der Waals surface area contributed by atoms with Gasteiger partial charge in [-0.2, -0.15) is 0 Å². The topological polar surface area (TPSA) is 67.9 Å². The van der Waals surface area contributed by atoms with E-state index < -0.39 is 10.8 Å². The molecule has 1 fully saturated rings. The Bertz CT molecular complexity index is 608. The third kappa shape index (κ3) is 4.03. The Balaban J connectivity index is 1.55. The van der Waals surface area contributed by atoms with E-state index >= 15 is 0 Å². The van der Waals surface area contributed by atoms with Crippen LogP contribution in [0.15, 0.2) is 23.1 Å². The van der Waals surface area contributed by atoms with Crippen LogP contribution in [0.3, 0.4) is 0 Å². The maximum Gasteiger partial charge on any atom is 0.223 e. The standard InChI is InChI=1S/C16H22N2O4S/c1-12-11-18(6-5-17-12)16(19)4-9-23(20)13-2-3-14-15(10-13)22-8-7-21-14/h2-3,10,12,17H,4-9,11H2,1H3. The van der Waals surface area contributed by atoms with E-state index in [0.29, 0.717) is 47.8 Å². The molecule has 2 unspecified atom stereocenters. The van der Waals surface area contributed by atoms with Gasteiger partial charge in [-0.1, -0.05) is 0 Å². The Morgan fingerprint density at radius 1 is 1.35 bits per heavy atom. The molecule has 7 heteroatoms. The number of nitrogens with zero attached hydrogens (tertiary/aromatic N) is 1. The number of fused-ring (bicyclic) bond motifs is 1. The van der Waals surface area contributed by atoms with Crippen molar-refractivity contribution < 1.29 is 18.5 Å². The van der Waals surface area contributed by atoms with E-state index in [-0.39, 0.29) is 5.91 Å². The van der Waals surface area contributed by atoms with Crippen molar-refractivity contribution in [3.8, 4) is 11.5 Å². The van der Waals surface area contributed by atoms with Crippen LogP contribution in [-0.4, -0.2) is 59.7 Å². The lowest BCUT2D eigenvalue weighted by molar-refractivity contribution is -0.131. The van der Waals surface area contributed by atoms with Crippen molar-refractivity contribution in [3.63, 3.8) is 0 Å². The molecule has 1 N–H and O–H groups in total. The van der Waals surface area contributed by atoms with Gasteiger partial charge in [0.05, 0.1) is 10.8 Å². The van der Waals surface area contributed by atoms with Crippen LogP contribution in [0, 0.1) is 0 Å². The number of ether oxygens (including phenoxy) is 2. The second-order valence-corrected chi connectivity index (χ2v) is 7.37. The number of benzene rings is 1. The SMILES string of the molecule is CC1CN(C(=O)CCS(=O)c2ccc3c(c2)OCCO3)CCN1. The first-order chi connectivity index (χ1) is 11.1. The lowest BCUT2D eigenvalue weighted by Crippen LogP contribution is -2.51. The van der Waals surface area contributed by atoms with E-state index in [1.165, 1.54) is 0 Å². The average molecular weight is 338 g/mol. The highest BCUT2D eigenvalue weighted by Crippen LogP contribution is 2.31. The number of carbonyl (C=O) groups is 1. The van der Waals surface area contributed by atoms with Crippen molar-refractivity contribution in [2.45, 2.75) is 24.3 Å². The molecule has 0 aliphatic carbocycles. The number of rotatable bonds is 4. The molecule has 2 heterocycles. The van der Waals surface area contributed by atoms with Crippen LogP contribution in [0.25, 0.3) is 0 Å². The van der Waals surface area contributed by atoms with Gasteiger partial charge in [-0.05, 0) is 19.1 Å². The van der Waals surface area contributed by atoms with E-state index in [1.807, 2.05) is 4.90 Å². The van der Waals surface area contributed by atoms with Crippen LogP contribution >= 0.6 is 0 Å². The first-order valence-corrected chi connectivity index (χ1v) is 9.24. The zero-order valence-electron chi connectivity index (χ0n) is 13.2. The van der Waals surface area contributed by atoms with Crippen LogP contribution < -0.4 is 14.8 Å². The summed E-state index contributed by atoms with van der Waals surface area (Å²) in [6.07, 6.45) is 0.299. The van der Waals surface area contributed by atoms with Crippen molar-refractivity contribution in [2.24, 2.45) is 0 Å². The molecule has 2 atom stereocenters. The number of carbonyl (C=O) groups excluding carboxylic acids is 1. The molecule has 1 amide bonds. The second-order valence-electron chi connectivity index (χ2n) is 5.80. The van der Waals surface area contributed by atoms with Gasteiger partial charge in [0.25, 0.3) is 0 Å². The first-order valence-electron chi connectivity index (χ1n) is 7.92. The molecule has 0 aromatic heterocycles. The summed E-state index contributed by atoms with van der Waals surface area (Å²) < 4.78 is 23.4. The van der Waals surface area contributed by atoms with Crippen molar-refractivity contribution in [1.29, 1.82) is 0 Å². The normalized spacial score (nSPS) is 21.8. The molecular formula is C16H22N2O4S. The molecule has 0 bridgehead atoms. The molecule has 23 heavy (non-hydrogen) atoms. The molecule has 126 valence electrons. The molecule has 2 aliphatic rings. The molecule has 0 saturated carbocycles. The monoisotopic (exact) mass is 338 g/mol. The van der Waals surface area contributed by atoms with Crippen molar-refractivity contribution >= 4 is 16.7 Å². The van der Waals surface area contributed by atoms with Gasteiger partial charge in [-0.15, -0.1) is 0 Å². The van der Waals surface area contributed by atoms with Gasteiger partial charge in [0.2, 0.25) is 5.91 Å². The highest BCUT2D eigenvalue weighted by atomic mass is 32.2. The molecule has 0 spiro atoms. The smallest absolute Gasteiger partial charge is 0.223 e. The first kappa shape index (κ1) is 16.3. The predicted molar refractivity (Wildman–Crippen MR) is 87.4 cm³/mol. The van der Waals surface area contributed by atoms with Gasteiger partial charge in [0.15, 0.2) is 11.5 Å². The Hall–Kier alpha value is -1.60. The van der Waals surface area contributed by atoms with Crippen LogP contribution in [0.2, 0.25) is 0 Å². The van der Waals surface area contributed by atoms with Crippen LogP contribution in [0.5, 0.6) is 11.5 Å². The molecule has 3 rings (SSSR count). The number of hydrogen-bond donors (Lipinski definition) is 1. The summed E-state index contributed by atoms with van der Waals surface area (Å²) in [4.78, 5) is 14.8. The molecule has 1 aromatic carbocycles. The summed E-state index contributed by atoms with van der Waals surface area (Å²) in [6, 6.07) is 5.63. The number of piperazine rings is 1. The zero-order valence-corrected chi connectivity index (χ0v) is 14.1. The van der Waals surface area contributed by atoms with Crippen molar-refractivity contribution in [1.82, 2.24) is 10.2 Å². The predicted octanol–water partition coefficient (Wildman–Crippen LogP) is 0.776. The van der Waals surface area contributed by atoms with Crippen molar-refractivity contribution in [2.75, 3.05) is 38.6 Å². The summed E-state index contributed by atoms with van der Waals surface area (Å²) in [5.41, 5.74) is 0. The number of amides is 1. The van der Waals surface area contributed by atoms with Gasteiger partial charge in [-0.3, -0.25) is 9.00 Å². The maximum atomic E-state index is 12.4. The largest absolute Gasteiger partial charge is 0.486 e. The van der Waals surface area contributed by atoms with Gasteiger partial charge in [0.1, 0.15) is 13.2 Å². The molecule has 1 saturated heterocycles. The fourth-order valence-electron chi connectivity index (χ4n) is 2.78. The van der Waals surface area contributed by atoms with E-state index in [1.54, 1.807) is 18.2 Å². The third-order valence-corrected chi connectivity index (χ3v) is 5.35. The minimum atomic E-state index is -1.21. The van der Waals surface area contributed by atoms with Gasteiger partial charge >= 0.3 is 0 Å². The van der Waals surface area contributed by atoms with Gasteiger partial charge in [-0.25, -0.2) is 0 Å². The summed E-state index contributed by atoms with van der Waals surface area (Å²) in [5.74, 6) is 1.72. The lowest BCUT2D eigenvalue weighted by atomic mass is 10.2. The number of hydrogen-bond acceptors (Lipinski definition) is 5. The lowest BCUT2D eigenvalue weighted by Gasteiger charge is -2.31. The fourth-order valence-corrected chi connectivity index (χ4v) is 3.83. The molecular weight excluding hydrogens is 316 g/mol. The molecule has 0 radical (unpaired) electrons. The quantitative estimate of drug-likeness (QED) is 0.879. The Morgan fingerprint density at radius 3 is 2.91 bits per heavy atom. The van der Waals surface area contributed by atoms with Crippen LogP contribution in [-0.2, 0) is 15.6 Å². The Morgan fingerprint density at radius 2 is 2.13 bits per heavy atom. The summed E-state index contributed by atoms with van der Waals surface area (Å²) >= 11 is 0. The van der Waals surface area contributed by atoms with Crippen molar-refractivity contribution in [3.05, 3.63) is 18.2 Å². The van der Waals surface area contributed by atoms with E-state index in [2.05, 4.69) is 12.2 Å². The van der Waals surface area contributed by atoms with Gasteiger partial charge in [0, 0.05) is 48.8 Å². The second kappa shape index (κ2) is 7.31. The minimum absolute atomic E-state index is 0.0734. The Kier molecular flexibility index (Phi) is 5.17. The fraction of sp³-hybridized carbons (Fsp3) is 0.562. The summed E-state index contributed by atoms with van der Waals surface area (Å²) in [5, 5.41) is 3.31. The van der Waals surface area contributed by atoms with Gasteiger partial charge < -0.3 is 19.7 Å².